The van der Waals surface area contributed by atoms with E-state index in [0.717, 1.165) is 23.1 Å². The highest BCUT2D eigenvalue weighted by Gasteiger charge is 2.21. The molecule has 3 rings (SSSR count). The monoisotopic (exact) mass is 291 g/mol. The van der Waals surface area contributed by atoms with Crippen molar-refractivity contribution in [1.82, 2.24) is 9.36 Å². The smallest absolute Gasteiger partial charge is 0.205 e. The van der Waals surface area contributed by atoms with Crippen molar-refractivity contribution in [2.24, 2.45) is 0 Å². The maximum atomic E-state index is 4.72. The van der Waals surface area contributed by atoms with Crippen LogP contribution in [-0.4, -0.2) is 33.4 Å². The highest BCUT2D eigenvalue weighted by Crippen LogP contribution is 2.28. The molecule has 3 nitrogen and oxygen atoms in total. The fourth-order valence-corrected chi connectivity index (χ4v) is 4.07. The minimum absolute atomic E-state index is 0.562. The van der Waals surface area contributed by atoms with Crippen molar-refractivity contribution in [3.8, 4) is 11.4 Å². The maximum Gasteiger partial charge on any atom is 0.205 e. The van der Waals surface area contributed by atoms with Crippen LogP contribution in [-0.2, 0) is 0 Å². The Balaban J connectivity index is 1.84. The SMILES string of the molecule is CC1CCSCCN1c1nc(-c2ccccc2)ns1. The molecule has 2 aromatic rings. The van der Waals surface area contributed by atoms with E-state index in [2.05, 4.69) is 28.3 Å². The minimum atomic E-state index is 0.562. The molecule has 1 aliphatic rings. The first-order valence-corrected chi connectivity index (χ1v) is 8.51. The van der Waals surface area contributed by atoms with E-state index in [1.54, 1.807) is 0 Å². The number of nitrogens with zero attached hydrogens (tertiary/aromatic N) is 3. The quantitative estimate of drug-likeness (QED) is 0.846. The molecule has 0 bridgehead atoms. The van der Waals surface area contributed by atoms with Crippen molar-refractivity contribution in [2.75, 3.05) is 23.0 Å². The first-order valence-electron chi connectivity index (χ1n) is 6.58. The lowest BCUT2D eigenvalue weighted by atomic mass is 10.2. The van der Waals surface area contributed by atoms with Gasteiger partial charge in [-0.2, -0.15) is 21.1 Å². The Hall–Kier alpha value is -1.07. The van der Waals surface area contributed by atoms with Crippen molar-refractivity contribution in [3.05, 3.63) is 30.3 Å². The van der Waals surface area contributed by atoms with Gasteiger partial charge in [0.15, 0.2) is 5.82 Å². The minimum Gasteiger partial charge on any atom is -0.343 e. The van der Waals surface area contributed by atoms with Crippen LogP contribution in [0.2, 0.25) is 0 Å². The lowest BCUT2D eigenvalue weighted by Crippen LogP contribution is -2.33. The van der Waals surface area contributed by atoms with Gasteiger partial charge in [-0.05, 0) is 19.1 Å². The molecule has 0 spiro atoms. The first-order chi connectivity index (χ1) is 9.34. The summed E-state index contributed by atoms with van der Waals surface area (Å²) >= 11 is 3.56. The van der Waals surface area contributed by atoms with Crippen LogP contribution in [0.15, 0.2) is 30.3 Å². The highest BCUT2D eigenvalue weighted by molar-refractivity contribution is 7.99. The first kappa shape index (κ1) is 12.9. The van der Waals surface area contributed by atoms with Crippen molar-refractivity contribution in [2.45, 2.75) is 19.4 Å². The molecule has 1 aromatic heterocycles. The van der Waals surface area contributed by atoms with E-state index in [4.69, 9.17) is 4.98 Å². The van der Waals surface area contributed by atoms with Crippen LogP contribution < -0.4 is 4.90 Å². The van der Waals surface area contributed by atoms with Gasteiger partial charge in [-0.25, -0.2) is 0 Å². The van der Waals surface area contributed by atoms with E-state index < -0.39 is 0 Å². The van der Waals surface area contributed by atoms with Crippen molar-refractivity contribution in [1.29, 1.82) is 0 Å². The number of hydrogen-bond acceptors (Lipinski definition) is 5. The molecule has 0 saturated carbocycles. The average molecular weight is 291 g/mol. The topological polar surface area (TPSA) is 29.0 Å². The molecule has 0 aliphatic carbocycles. The number of thioether (sulfide) groups is 1. The second-order valence-electron chi connectivity index (χ2n) is 4.71. The van der Waals surface area contributed by atoms with Crippen LogP contribution in [0.1, 0.15) is 13.3 Å². The van der Waals surface area contributed by atoms with Gasteiger partial charge in [0.1, 0.15) is 0 Å². The number of benzene rings is 1. The molecular weight excluding hydrogens is 274 g/mol. The van der Waals surface area contributed by atoms with Crippen LogP contribution in [0.25, 0.3) is 11.4 Å². The summed E-state index contributed by atoms with van der Waals surface area (Å²) in [4.78, 5) is 7.13. The van der Waals surface area contributed by atoms with Gasteiger partial charge in [0.25, 0.3) is 0 Å². The summed E-state index contributed by atoms with van der Waals surface area (Å²) in [5, 5.41) is 1.06. The van der Waals surface area contributed by atoms with Gasteiger partial charge in [0.2, 0.25) is 5.13 Å². The third-order valence-corrected chi connectivity index (χ3v) is 5.13. The van der Waals surface area contributed by atoms with E-state index in [1.807, 2.05) is 30.0 Å². The molecule has 1 fully saturated rings. The van der Waals surface area contributed by atoms with Crippen molar-refractivity contribution < 1.29 is 0 Å². The van der Waals surface area contributed by atoms with Crippen LogP contribution >= 0.6 is 23.3 Å². The Bertz CT molecular complexity index is 526. The molecule has 1 aliphatic heterocycles. The van der Waals surface area contributed by atoms with E-state index in [1.165, 1.54) is 29.5 Å². The molecule has 1 saturated heterocycles. The van der Waals surface area contributed by atoms with E-state index in [0.29, 0.717) is 6.04 Å². The standard InChI is InChI=1S/C14H17N3S2/c1-11-7-9-18-10-8-17(11)14-15-13(16-19-14)12-5-3-2-4-6-12/h2-6,11H,7-10H2,1H3. The summed E-state index contributed by atoms with van der Waals surface area (Å²) in [6.45, 7) is 3.37. The third-order valence-electron chi connectivity index (χ3n) is 3.38. The number of anilines is 1. The largest absolute Gasteiger partial charge is 0.343 e. The van der Waals surface area contributed by atoms with Crippen LogP contribution in [0.5, 0.6) is 0 Å². The molecule has 1 aromatic carbocycles. The zero-order valence-electron chi connectivity index (χ0n) is 11.0. The maximum absolute atomic E-state index is 4.72. The fraction of sp³-hybridized carbons (Fsp3) is 0.429. The van der Waals surface area contributed by atoms with E-state index in [9.17, 15) is 0 Å². The number of rotatable bonds is 2. The second-order valence-corrected chi connectivity index (χ2v) is 6.67. The Morgan fingerprint density at radius 1 is 1.21 bits per heavy atom. The predicted octanol–water partition coefficient (Wildman–Crippen LogP) is 3.54. The molecule has 1 atom stereocenters. The molecule has 1 unspecified atom stereocenters. The number of aromatic nitrogens is 2. The van der Waals surface area contributed by atoms with Gasteiger partial charge in [-0.15, -0.1) is 0 Å². The molecule has 2 heterocycles. The second kappa shape index (κ2) is 5.92. The molecule has 0 radical (unpaired) electrons. The summed E-state index contributed by atoms with van der Waals surface area (Å²) in [5.74, 6) is 3.29. The zero-order valence-corrected chi connectivity index (χ0v) is 12.6. The molecular formula is C14H17N3S2. The van der Waals surface area contributed by atoms with Gasteiger partial charge >= 0.3 is 0 Å². The summed E-state index contributed by atoms with van der Waals surface area (Å²) in [6, 6.07) is 10.8. The average Bonchev–Trinajstić information content (AvgIpc) is 2.83. The van der Waals surface area contributed by atoms with Gasteiger partial charge < -0.3 is 4.90 Å². The van der Waals surface area contributed by atoms with Gasteiger partial charge in [-0.1, -0.05) is 30.3 Å². The van der Waals surface area contributed by atoms with Crippen molar-refractivity contribution in [3.63, 3.8) is 0 Å². The zero-order chi connectivity index (χ0) is 13.1. The molecule has 0 N–H and O–H groups in total. The Morgan fingerprint density at radius 3 is 2.89 bits per heavy atom. The normalized spacial score (nSPS) is 20.3. The lowest BCUT2D eigenvalue weighted by Gasteiger charge is -2.25. The highest BCUT2D eigenvalue weighted by atomic mass is 32.2. The van der Waals surface area contributed by atoms with Crippen molar-refractivity contribution >= 4 is 28.4 Å². The lowest BCUT2D eigenvalue weighted by molar-refractivity contribution is 0.644. The van der Waals surface area contributed by atoms with E-state index >= 15 is 0 Å². The molecule has 5 heteroatoms. The van der Waals surface area contributed by atoms with Crippen LogP contribution in [0.4, 0.5) is 5.13 Å². The van der Waals surface area contributed by atoms with Gasteiger partial charge in [-0.3, -0.25) is 0 Å². The molecule has 19 heavy (non-hydrogen) atoms. The van der Waals surface area contributed by atoms with E-state index in [-0.39, 0.29) is 0 Å². The van der Waals surface area contributed by atoms with Crippen LogP contribution in [0, 0.1) is 0 Å². The molecule has 0 amide bonds. The predicted molar refractivity (Wildman–Crippen MR) is 84.1 cm³/mol. The molecule has 100 valence electrons. The summed E-state index contributed by atoms with van der Waals surface area (Å²) in [6.07, 6.45) is 1.23. The Labute approximate surface area is 122 Å². The summed E-state index contributed by atoms with van der Waals surface area (Å²) < 4.78 is 4.51. The fourth-order valence-electron chi connectivity index (χ4n) is 2.22. The van der Waals surface area contributed by atoms with Gasteiger partial charge in [0, 0.05) is 35.4 Å². The van der Waals surface area contributed by atoms with Crippen LogP contribution in [0.3, 0.4) is 0 Å². The summed E-state index contributed by atoms with van der Waals surface area (Å²) in [5.41, 5.74) is 1.10. The summed E-state index contributed by atoms with van der Waals surface area (Å²) in [7, 11) is 0. The Morgan fingerprint density at radius 2 is 2.05 bits per heavy atom. The van der Waals surface area contributed by atoms with Gasteiger partial charge in [0.05, 0.1) is 0 Å². The number of hydrogen-bond donors (Lipinski definition) is 0. The third kappa shape index (κ3) is 2.92. The Kier molecular flexibility index (Phi) is 4.03.